The second kappa shape index (κ2) is 6.09. The Kier molecular flexibility index (Phi) is 3.57. The monoisotopic (exact) mass is 357 g/mol. The molecule has 0 radical (unpaired) electrons. The number of hydrogen-bond donors (Lipinski definition) is 0. The summed E-state index contributed by atoms with van der Waals surface area (Å²) in [5, 5.41) is 0. The van der Waals surface area contributed by atoms with Crippen molar-refractivity contribution in [2.75, 3.05) is 6.54 Å². The predicted molar refractivity (Wildman–Crippen MR) is 101 cm³/mol. The van der Waals surface area contributed by atoms with E-state index in [1.165, 1.54) is 0 Å². The van der Waals surface area contributed by atoms with Crippen molar-refractivity contribution in [3.05, 3.63) is 89.9 Å². The molecule has 1 aliphatic heterocycles. The van der Waals surface area contributed by atoms with Gasteiger partial charge in [-0.1, -0.05) is 12.1 Å². The van der Waals surface area contributed by atoms with Crippen LogP contribution in [0.4, 0.5) is 0 Å². The summed E-state index contributed by atoms with van der Waals surface area (Å²) in [6.45, 7) is 3.43. The number of pyridine rings is 2. The quantitative estimate of drug-likeness (QED) is 0.554. The van der Waals surface area contributed by atoms with Gasteiger partial charge in [0.1, 0.15) is 11.3 Å². The van der Waals surface area contributed by atoms with Gasteiger partial charge in [0.15, 0.2) is 0 Å². The molecule has 6 heteroatoms. The Balaban J connectivity index is 1.58. The van der Waals surface area contributed by atoms with Gasteiger partial charge in [-0.05, 0) is 42.3 Å². The number of carbonyl (C=O) groups excluding carboxylic acids is 1. The molecule has 4 aromatic rings. The highest BCUT2D eigenvalue weighted by Crippen LogP contribution is 2.33. The van der Waals surface area contributed by atoms with Crippen molar-refractivity contribution in [3.63, 3.8) is 0 Å². The number of aromatic nitrogens is 4. The number of aryl methyl sites for hydroxylation is 1. The molecule has 0 saturated carbocycles. The van der Waals surface area contributed by atoms with E-state index in [9.17, 15) is 4.79 Å². The van der Waals surface area contributed by atoms with Gasteiger partial charge in [0, 0.05) is 49.8 Å². The lowest BCUT2D eigenvalue weighted by Crippen LogP contribution is -2.42. The van der Waals surface area contributed by atoms with Gasteiger partial charge in [-0.25, -0.2) is 4.98 Å². The van der Waals surface area contributed by atoms with Crippen LogP contribution in [0.25, 0.3) is 5.65 Å². The molecule has 0 aromatic carbocycles. The van der Waals surface area contributed by atoms with Crippen LogP contribution in [0.5, 0.6) is 0 Å². The number of hydrogen-bond acceptors (Lipinski definition) is 3. The van der Waals surface area contributed by atoms with E-state index in [0.29, 0.717) is 12.2 Å². The molecule has 0 saturated heterocycles. The Bertz CT molecular complexity index is 1130. The van der Waals surface area contributed by atoms with Crippen molar-refractivity contribution in [3.8, 4) is 0 Å². The predicted octanol–water partition coefficient (Wildman–Crippen LogP) is 3.08. The average Bonchev–Trinajstić information content (AvgIpc) is 3.33. The standard InChI is InChI=1S/C21H19N5O/c1-15-6-7-19-23-17(14-25(19)13-15)21(27)26-11-10-24-9-3-5-18(24)20(26)16-4-2-8-22-12-16/h2-9,12-14,20H,10-11H2,1H3. The van der Waals surface area contributed by atoms with Crippen molar-refractivity contribution in [1.29, 1.82) is 0 Å². The molecule has 4 aromatic heterocycles. The molecule has 134 valence electrons. The van der Waals surface area contributed by atoms with Gasteiger partial charge in [0.05, 0.1) is 6.04 Å². The van der Waals surface area contributed by atoms with Gasteiger partial charge in [0.25, 0.3) is 5.91 Å². The third kappa shape index (κ3) is 2.61. The van der Waals surface area contributed by atoms with E-state index in [2.05, 4.69) is 26.8 Å². The summed E-state index contributed by atoms with van der Waals surface area (Å²) in [7, 11) is 0. The van der Waals surface area contributed by atoms with E-state index >= 15 is 0 Å². The van der Waals surface area contributed by atoms with Gasteiger partial charge in [-0.2, -0.15) is 0 Å². The molecule has 0 bridgehead atoms. The lowest BCUT2D eigenvalue weighted by atomic mass is 10.0. The van der Waals surface area contributed by atoms with Crippen molar-refractivity contribution < 1.29 is 4.79 Å². The van der Waals surface area contributed by atoms with Crippen LogP contribution in [0.2, 0.25) is 0 Å². The Morgan fingerprint density at radius 2 is 2.04 bits per heavy atom. The summed E-state index contributed by atoms with van der Waals surface area (Å²) in [6, 6.07) is 11.8. The molecule has 0 fully saturated rings. The summed E-state index contributed by atoms with van der Waals surface area (Å²) >= 11 is 0. The second-order valence-electron chi connectivity index (χ2n) is 6.91. The van der Waals surface area contributed by atoms with Crippen LogP contribution < -0.4 is 0 Å². The molecular formula is C21H19N5O. The van der Waals surface area contributed by atoms with Gasteiger partial charge in [-0.3, -0.25) is 9.78 Å². The number of imidazole rings is 1. The zero-order chi connectivity index (χ0) is 18.4. The molecule has 0 aliphatic carbocycles. The maximum atomic E-state index is 13.4. The molecule has 1 atom stereocenters. The fourth-order valence-corrected chi connectivity index (χ4v) is 3.84. The molecule has 1 unspecified atom stereocenters. The third-order valence-electron chi connectivity index (χ3n) is 5.12. The van der Waals surface area contributed by atoms with Crippen LogP contribution in [0.15, 0.2) is 67.4 Å². The fraction of sp³-hybridized carbons (Fsp3) is 0.190. The van der Waals surface area contributed by atoms with E-state index in [1.807, 2.05) is 65.1 Å². The highest BCUT2D eigenvalue weighted by atomic mass is 16.2. The molecular weight excluding hydrogens is 338 g/mol. The van der Waals surface area contributed by atoms with E-state index in [1.54, 1.807) is 6.20 Å². The van der Waals surface area contributed by atoms with E-state index in [0.717, 1.165) is 29.0 Å². The van der Waals surface area contributed by atoms with E-state index in [4.69, 9.17) is 0 Å². The van der Waals surface area contributed by atoms with Crippen LogP contribution in [0, 0.1) is 6.92 Å². The molecule has 0 N–H and O–H groups in total. The maximum Gasteiger partial charge on any atom is 0.274 e. The molecule has 5 rings (SSSR count). The van der Waals surface area contributed by atoms with E-state index in [-0.39, 0.29) is 11.9 Å². The highest BCUT2D eigenvalue weighted by Gasteiger charge is 2.33. The number of amides is 1. The van der Waals surface area contributed by atoms with Crippen molar-refractivity contribution in [1.82, 2.24) is 23.8 Å². The van der Waals surface area contributed by atoms with Crippen LogP contribution in [0.1, 0.15) is 33.4 Å². The fourth-order valence-electron chi connectivity index (χ4n) is 3.84. The number of fused-ring (bicyclic) bond motifs is 2. The summed E-state index contributed by atoms with van der Waals surface area (Å²) < 4.78 is 4.11. The summed E-state index contributed by atoms with van der Waals surface area (Å²) in [5.41, 5.74) is 4.48. The minimum atomic E-state index is -0.165. The molecule has 6 nitrogen and oxygen atoms in total. The average molecular weight is 357 g/mol. The summed E-state index contributed by atoms with van der Waals surface area (Å²) in [5.74, 6) is -0.0577. The lowest BCUT2D eigenvalue weighted by Gasteiger charge is -2.36. The first kappa shape index (κ1) is 15.8. The molecule has 27 heavy (non-hydrogen) atoms. The zero-order valence-corrected chi connectivity index (χ0v) is 15.0. The van der Waals surface area contributed by atoms with Crippen LogP contribution in [-0.4, -0.2) is 36.3 Å². The number of carbonyl (C=O) groups is 1. The van der Waals surface area contributed by atoms with Crippen molar-refractivity contribution in [2.45, 2.75) is 19.5 Å². The number of rotatable bonds is 2. The van der Waals surface area contributed by atoms with E-state index < -0.39 is 0 Å². The van der Waals surface area contributed by atoms with Crippen LogP contribution >= 0.6 is 0 Å². The van der Waals surface area contributed by atoms with Gasteiger partial charge in [-0.15, -0.1) is 0 Å². The minimum absolute atomic E-state index is 0.0577. The first-order valence-electron chi connectivity index (χ1n) is 9.02. The first-order chi connectivity index (χ1) is 13.2. The number of nitrogens with zero attached hydrogens (tertiary/aromatic N) is 5. The Labute approximate surface area is 156 Å². The minimum Gasteiger partial charge on any atom is -0.348 e. The molecule has 5 heterocycles. The largest absolute Gasteiger partial charge is 0.348 e. The second-order valence-corrected chi connectivity index (χ2v) is 6.91. The summed E-state index contributed by atoms with van der Waals surface area (Å²) in [6.07, 6.45) is 9.45. The Hall–Kier alpha value is -3.41. The molecule has 1 amide bonds. The highest BCUT2D eigenvalue weighted by molar-refractivity contribution is 5.93. The zero-order valence-electron chi connectivity index (χ0n) is 15.0. The van der Waals surface area contributed by atoms with Gasteiger partial charge in [0.2, 0.25) is 0 Å². The SMILES string of the molecule is Cc1ccc2nc(C(=O)N3CCn4cccc4C3c3cccnc3)cn2c1. The van der Waals surface area contributed by atoms with Crippen LogP contribution in [0.3, 0.4) is 0 Å². The smallest absolute Gasteiger partial charge is 0.274 e. The third-order valence-corrected chi connectivity index (χ3v) is 5.12. The maximum absolute atomic E-state index is 13.4. The van der Waals surface area contributed by atoms with Crippen molar-refractivity contribution >= 4 is 11.6 Å². The Morgan fingerprint density at radius 3 is 2.89 bits per heavy atom. The molecule has 1 aliphatic rings. The first-order valence-corrected chi connectivity index (χ1v) is 9.02. The normalized spacial score (nSPS) is 16.5. The summed E-state index contributed by atoms with van der Waals surface area (Å²) in [4.78, 5) is 24.1. The van der Waals surface area contributed by atoms with Gasteiger partial charge < -0.3 is 13.9 Å². The van der Waals surface area contributed by atoms with Gasteiger partial charge >= 0.3 is 0 Å². The van der Waals surface area contributed by atoms with Crippen LogP contribution in [-0.2, 0) is 6.54 Å². The Morgan fingerprint density at radius 1 is 1.11 bits per heavy atom. The topological polar surface area (TPSA) is 55.4 Å². The molecule has 0 spiro atoms. The lowest BCUT2D eigenvalue weighted by molar-refractivity contribution is 0.0658. The van der Waals surface area contributed by atoms with Crippen molar-refractivity contribution in [2.24, 2.45) is 0 Å².